The van der Waals surface area contributed by atoms with E-state index in [1.165, 1.54) is 0 Å². The molecule has 116 valence electrons. The number of hydrogen-bond donors (Lipinski definition) is 0. The zero-order chi connectivity index (χ0) is 16.1. The summed E-state index contributed by atoms with van der Waals surface area (Å²) in [6.07, 6.45) is 0. The van der Waals surface area contributed by atoms with E-state index in [2.05, 4.69) is 0 Å². The Morgan fingerprint density at radius 1 is 0.652 bits per heavy atom. The molecule has 3 aromatic rings. The monoisotopic (exact) mass is 325 g/mol. The molecule has 0 aromatic heterocycles. The minimum Gasteiger partial charge on any atom is -0.240 e. The summed E-state index contributed by atoms with van der Waals surface area (Å²) >= 11 is 0. The molecule has 3 rings (SSSR count). The van der Waals surface area contributed by atoms with Gasteiger partial charge >= 0.3 is 10.5 Å². The molecule has 0 spiro atoms. The molecule has 0 heterocycles. The van der Waals surface area contributed by atoms with Gasteiger partial charge in [0.25, 0.3) is 0 Å². The number of para-hydroxylation sites is 2. The van der Waals surface area contributed by atoms with Crippen molar-refractivity contribution in [2.24, 2.45) is 0 Å². The Kier molecular flexibility index (Phi) is 4.44. The van der Waals surface area contributed by atoms with Crippen molar-refractivity contribution >= 4 is 10.5 Å². The van der Waals surface area contributed by atoms with Gasteiger partial charge in [0.15, 0.2) is 11.5 Å². The summed E-state index contributed by atoms with van der Waals surface area (Å²) in [7, 11) is -3.19. The molecule has 0 radical (unpaired) electrons. The Morgan fingerprint density at radius 2 is 1.09 bits per heavy atom. The van der Waals surface area contributed by atoms with Gasteiger partial charge in [-0.25, -0.2) is 8.37 Å². The first kappa shape index (κ1) is 15.3. The van der Waals surface area contributed by atoms with Crippen LogP contribution in [-0.4, -0.2) is 0 Å². The van der Waals surface area contributed by atoms with E-state index < -0.39 is 10.5 Å². The van der Waals surface area contributed by atoms with Crippen LogP contribution in [0.15, 0.2) is 89.8 Å². The molecule has 0 saturated carbocycles. The molecule has 0 N–H and O–H groups in total. The zero-order valence-electron chi connectivity index (χ0n) is 12.7. The molecule has 0 aliphatic rings. The Morgan fingerprint density at radius 3 is 1.52 bits per heavy atom. The van der Waals surface area contributed by atoms with Crippen LogP contribution in [0.5, 0.6) is 11.5 Å². The lowest BCUT2D eigenvalue weighted by Gasteiger charge is -2.11. The van der Waals surface area contributed by atoms with Crippen LogP contribution < -0.4 is 8.37 Å². The maximum absolute atomic E-state index is 13.4. The van der Waals surface area contributed by atoms with Crippen molar-refractivity contribution < 1.29 is 12.6 Å². The quantitative estimate of drug-likeness (QED) is 0.630. The maximum atomic E-state index is 13.4. The second-order valence-electron chi connectivity index (χ2n) is 5.06. The predicted octanol–water partition coefficient (Wildman–Crippen LogP) is 4.84. The van der Waals surface area contributed by atoms with Crippen molar-refractivity contribution in [2.75, 3.05) is 0 Å². The van der Waals surface area contributed by atoms with Crippen LogP contribution in [0.2, 0.25) is 0 Å². The molecule has 0 unspecified atom stereocenters. The van der Waals surface area contributed by atoms with Gasteiger partial charge in [-0.05, 0) is 35.4 Å². The van der Waals surface area contributed by atoms with E-state index in [-0.39, 0.29) is 0 Å². The average molecular weight is 325 g/mol. The molecule has 0 fully saturated rings. The molecule has 23 heavy (non-hydrogen) atoms. The fourth-order valence-corrected chi connectivity index (χ4v) is 3.45. The van der Waals surface area contributed by atoms with Gasteiger partial charge < -0.3 is 0 Å². The first-order chi connectivity index (χ1) is 11.2. The molecular weight excluding hydrogens is 308 g/mol. The molecule has 3 aromatic carbocycles. The normalized spacial score (nSPS) is 11.0. The molecular formula is C19H17O3S+. The molecule has 3 nitrogen and oxygen atoms in total. The molecule has 4 heteroatoms. The summed E-state index contributed by atoms with van der Waals surface area (Å²) < 4.78 is 24.9. The van der Waals surface area contributed by atoms with Crippen LogP contribution in [0.25, 0.3) is 0 Å². The molecule has 0 aliphatic carbocycles. The van der Waals surface area contributed by atoms with Gasteiger partial charge in [0.2, 0.25) is 4.90 Å². The lowest BCUT2D eigenvalue weighted by atomic mass is 10.2. The van der Waals surface area contributed by atoms with Crippen LogP contribution in [0, 0.1) is 6.92 Å². The van der Waals surface area contributed by atoms with E-state index in [9.17, 15) is 4.21 Å². The standard InChI is InChI=1S/C19H17O3S/c1-16-12-14-19(15-13-16)23(20,21-17-8-4-2-5-9-17)22-18-10-6-3-7-11-18/h2-15H,1H3/q+1. The van der Waals surface area contributed by atoms with Crippen molar-refractivity contribution in [1.82, 2.24) is 0 Å². The Balaban J connectivity index is 1.98. The van der Waals surface area contributed by atoms with Crippen LogP contribution in [0.1, 0.15) is 5.56 Å². The summed E-state index contributed by atoms with van der Waals surface area (Å²) in [5, 5.41) is 0. The third-order valence-electron chi connectivity index (χ3n) is 3.21. The van der Waals surface area contributed by atoms with Gasteiger partial charge in [0, 0.05) is 12.1 Å². The van der Waals surface area contributed by atoms with Gasteiger partial charge in [-0.3, -0.25) is 0 Å². The third-order valence-corrected chi connectivity index (χ3v) is 4.88. The highest BCUT2D eigenvalue weighted by molar-refractivity contribution is 7.94. The summed E-state index contributed by atoms with van der Waals surface area (Å²) in [6.45, 7) is 1.97. The lowest BCUT2D eigenvalue weighted by Crippen LogP contribution is -2.25. The lowest BCUT2D eigenvalue weighted by molar-refractivity contribution is 0.409. The number of rotatable bonds is 5. The zero-order valence-corrected chi connectivity index (χ0v) is 13.5. The van der Waals surface area contributed by atoms with Gasteiger partial charge in [-0.2, -0.15) is 0 Å². The summed E-state index contributed by atoms with van der Waals surface area (Å²) in [4.78, 5) is 0.496. The molecule has 0 atom stereocenters. The van der Waals surface area contributed by atoms with Crippen molar-refractivity contribution in [3.63, 3.8) is 0 Å². The minimum atomic E-state index is -3.19. The van der Waals surface area contributed by atoms with E-state index in [4.69, 9.17) is 8.37 Å². The van der Waals surface area contributed by atoms with Crippen LogP contribution in [0.4, 0.5) is 0 Å². The maximum Gasteiger partial charge on any atom is 0.472 e. The van der Waals surface area contributed by atoms with Crippen LogP contribution >= 0.6 is 0 Å². The first-order valence-electron chi connectivity index (χ1n) is 7.26. The Bertz CT molecular complexity index is 754. The highest BCUT2D eigenvalue weighted by Crippen LogP contribution is 2.28. The van der Waals surface area contributed by atoms with Crippen molar-refractivity contribution in [2.45, 2.75) is 11.8 Å². The third kappa shape index (κ3) is 3.79. The van der Waals surface area contributed by atoms with E-state index >= 15 is 0 Å². The highest BCUT2D eigenvalue weighted by Gasteiger charge is 2.39. The van der Waals surface area contributed by atoms with Gasteiger partial charge in [-0.15, -0.1) is 0 Å². The van der Waals surface area contributed by atoms with E-state index in [1.807, 2.05) is 55.5 Å². The number of benzene rings is 3. The van der Waals surface area contributed by atoms with Gasteiger partial charge in [0.1, 0.15) is 0 Å². The van der Waals surface area contributed by atoms with E-state index in [1.54, 1.807) is 36.4 Å². The van der Waals surface area contributed by atoms with Gasteiger partial charge in [-0.1, -0.05) is 54.1 Å². The van der Waals surface area contributed by atoms with Gasteiger partial charge in [0.05, 0.1) is 0 Å². The summed E-state index contributed by atoms with van der Waals surface area (Å²) in [5.74, 6) is 0.989. The average Bonchev–Trinajstić information content (AvgIpc) is 2.57. The van der Waals surface area contributed by atoms with Crippen LogP contribution in [0.3, 0.4) is 0 Å². The second-order valence-corrected chi connectivity index (χ2v) is 6.77. The predicted molar refractivity (Wildman–Crippen MR) is 91.6 cm³/mol. The van der Waals surface area contributed by atoms with Crippen molar-refractivity contribution in [3.05, 3.63) is 90.5 Å². The van der Waals surface area contributed by atoms with E-state index in [0.717, 1.165) is 5.56 Å². The SMILES string of the molecule is Cc1ccc([S+](=O)(Oc2ccccc2)Oc2ccccc2)cc1. The highest BCUT2D eigenvalue weighted by atomic mass is 32.3. The number of aryl methyl sites for hydroxylation is 1. The minimum absolute atomic E-state index is 0.494. The van der Waals surface area contributed by atoms with Crippen molar-refractivity contribution in [1.29, 1.82) is 0 Å². The molecule has 0 bridgehead atoms. The fraction of sp³-hybridized carbons (Fsp3) is 0.0526. The smallest absolute Gasteiger partial charge is 0.240 e. The summed E-state index contributed by atoms with van der Waals surface area (Å²) in [6, 6.07) is 25.4. The number of hydrogen-bond acceptors (Lipinski definition) is 3. The summed E-state index contributed by atoms with van der Waals surface area (Å²) in [5.41, 5.74) is 1.08. The first-order valence-corrected chi connectivity index (χ1v) is 8.66. The molecule has 0 amide bonds. The van der Waals surface area contributed by atoms with Crippen molar-refractivity contribution in [3.8, 4) is 11.5 Å². The Labute approximate surface area is 137 Å². The topological polar surface area (TPSA) is 35.5 Å². The van der Waals surface area contributed by atoms with Crippen LogP contribution in [-0.2, 0) is 14.7 Å². The molecule has 0 saturated heterocycles. The fourth-order valence-electron chi connectivity index (χ4n) is 2.02. The Hall–Kier alpha value is -2.59. The molecule has 0 aliphatic heterocycles. The van der Waals surface area contributed by atoms with E-state index in [0.29, 0.717) is 16.4 Å². The largest absolute Gasteiger partial charge is 0.472 e. The second kappa shape index (κ2) is 6.67.